The van der Waals surface area contributed by atoms with Gasteiger partial charge in [0.05, 0.1) is 29.2 Å². The van der Waals surface area contributed by atoms with Crippen molar-refractivity contribution in [2.24, 2.45) is 11.8 Å². The van der Waals surface area contributed by atoms with Crippen molar-refractivity contribution in [2.45, 2.75) is 61.6 Å². The van der Waals surface area contributed by atoms with Crippen molar-refractivity contribution >= 4 is 40.9 Å². The normalized spacial score (nSPS) is 26.2. The Bertz CT molecular complexity index is 1710. The number of para-hydroxylation sites is 1. The predicted octanol–water partition coefficient (Wildman–Crippen LogP) is 6.13. The van der Waals surface area contributed by atoms with Gasteiger partial charge in [0.25, 0.3) is 5.91 Å². The Kier molecular flexibility index (Phi) is 9.42. The summed E-state index contributed by atoms with van der Waals surface area (Å²) < 4.78 is -1.39. The Balaban J connectivity index is 1.49. The summed E-state index contributed by atoms with van der Waals surface area (Å²) in [5.41, 5.74) is 4.43. The lowest BCUT2D eigenvalue weighted by molar-refractivity contribution is -0.142. The molecule has 3 fully saturated rings. The largest absolute Gasteiger partial charge is 0.394 e. The summed E-state index contributed by atoms with van der Waals surface area (Å²) in [6.07, 6.45) is 5.11. The number of rotatable bonds is 12. The molecule has 6 rings (SSSR count). The molecule has 1 spiro atoms. The van der Waals surface area contributed by atoms with Crippen molar-refractivity contribution in [3.63, 3.8) is 0 Å². The van der Waals surface area contributed by atoms with E-state index >= 15 is 9.59 Å². The number of anilines is 2. The van der Waals surface area contributed by atoms with E-state index < -0.39 is 33.4 Å². The summed E-state index contributed by atoms with van der Waals surface area (Å²) in [4.78, 5) is 50.3. The molecule has 7 nitrogen and oxygen atoms in total. The van der Waals surface area contributed by atoms with Crippen LogP contribution in [-0.2, 0) is 20.8 Å². The van der Waals surface area contributed by atoms with Crippen LogP contribution in [0.1, 0.15) is 36.5 Å². The van der Waals surface area contributed by atoms with E-state index in [-0.39, 0.29) is 30.9 Å². The van der Waals surface area contributed by atoms with Crippen LogP contribution in [0.5, 0.6) is 0 Å². The van der Waals surface area contributed by atoms with Gasteiger partial charge in [0.15, 0.2) is 0 Å². The number of carbonyl (C=O) groups excluding carboxylic acids is 3. The van der Waals surface area contributed by atoms with E-state index in [9.17, 15) is 9.90 Å². The maximum Gasteiger partial charge on any atom is 0.251 e. The minimum absolute atomic E-state index is 0.134. The number of thioether (sulfide) groups is 1. The Labute approximate surface area is 288 Å². The van der Waals surface area contributed by atoms with Crippen LogP contribution < -0.4 is 9.80 Å². The SMILES string of the molecule is C=CCN(C(=O)[C@@H]1[C@H]2C(=O)N([C@@H](CO)Cc3ccccc3)C(C(=O)N(CC=C)c3cc(C)ccc3C)C23CC[C@@]1(C)S3)c1ccccc1. The quantitative estimate of drug-likeness (QED) is 0.236. The van der Waals surface area contributed by atoms with Crippen LogP contribution in [0.15, 0.2) is 104 Å². The minimum Gasteiger partial charge on any atom is -0.394 e. The second-order valence-electron chi connectivity index (χ2n) is 13.6. The summed E-state index contributed by atoms with van der Waals surface area (Å²) >= 11 is 1.64. The van der Waals surface area contributed by atoms with Crippen LogP contribution >= 0.6 is 11.8 Å². The molecule has 3 aromatic carbocycles. The highest BCUT2D eigenvalue weighted by Crippen LogP contribution is 2.72. The van der Waals surface area contributed by atoms with Gasteiger partial charge in [-0.2, -0.15) is 0 Å². The molecule has 3 aliphatic heterocycles. The van der Waals surface area contributed by atoms with Crippen molar-refractivity contribution < 1.29 is 19.5 Å². The zero-order chi connectivity index (χ0) is 34.2. The smallest absolute Gasteiger partial charge is 0.251 e. The van der Waals surface area contributed by atoms with Gasteiger partial charge in [-0.1, -0.05) is 72.8 Å². The highest BCUT2D eigenvalue weighted by atomic mass is 32.2. The molecule has 0 aliphatic carbocycles. The molecule has 3 aliphatic rings. The van der Waals surface area contributed by atoms with Gasteiger partial charge in [-0.05, 0) is 74.9 Å². The molecule has 1 N–H and O–H groups in total. The van der Waals surface area contributed by atoms with Gasteiger partial charge in [-0.15, -0.1) is 24.9 Å². The molecule has 250 valence electrons. The fourth-order valence-corrected chi connectivity index (χ4v) is 10.7. The molecule has 8 heteroatoms. The minimum atomic E-state index is -0.884. The van der Waals surface area contributed by atoms with Crippen LogP contribution in [0.3, 0.4) is 0 Å². The van der Waals surface area contributed by atoms with Crippen molar-refractivity contribution in [3.05, 3.63) is 121 Å². The number of fused-ring (bicyclic) bond motifs is 1. The van der Waals surface area contributed by atoms with Gasteiger partial charge in [-0.3, -0.25) is 14.4 Å². The molecule has 0 aromatic heterocycles. The summed E-state index contributed by atoms with van der Waals surface area (Å²) in [7, 11) is 0. The van der Waals surface area contributed by atoms with Crippen LogP contribution in [0.25, 0.3) is 0 Å². The number of aliphatic hydroxyl groups is 1. The maximum absolute atomic E-state index is 15.3. The zero-order valence-electron chi connectivity index (χ0n) is 28.0. The van der Waals surface area contributed by atoms with Crippen LogP contribution in [-0.4, -0.2) is 69.0 Å². The van der Waals surface area contributed by atoms with Gasteiger partial charge in [0.1, 0.15) is 6.04 Å². The third-order valence-corrected chi connectivity index (χ3v) is 12.5. The molecule has 6 atom stereocenters. The Morgan fingerprint density at radius 2 is 1.60 bits per heavy atom. The lowest BCUT2D eigenvalue weighted by atomic mass is 9.66. The molecule has 3 amide bonds. The molecule has 2 bridgehead atoms. The molecule has 3 heterocycles. The van der Waals surface area contributed by atoms with Crippen molar-refractivity contribution in [3.8, 4) is 0 Å². The first-order valence-corrected chi connectivity index (χ1v) is 17.6. The summed E-state index contributed by atoms with van der Waals surface area (Å²) in [6, 6.07) is 23.7. The highest BCUT2D eigenvalue weighted by Gasteiger charge is 2.78. The average molecular weight is 664 g/mol. The average Bonchev–Trinajstić information content (AvgIpc) is 3.67. The van der Waals surface area contributed by atoms with E-state index in [1.165, 1.54) is 0 Å². The van der Waals surface area contributed by atoms with Crippen LogP contribution in [0.4, 0.5) is 11.4 Å². The van der Waals surface area contributed by atoms with Gasteiger partial charge < -0.3 is 19.8 Å². The van der Waals surface area contributed by atoms with Gasteiger partial charge >= 0.3 is 0 Å². The molecule has 0 radical (unpaired) electrons. The number of benzene rings is 3. The maximum atomic E-state index is 15.3. The summed E-state index contributed by atoms with van der Waals surface area (Å²) in [5, 5.41) is 10.9. The first-order valence-electron chi connectivity index (χ1n) is 16.7. The number of nitrogens with zero attached hydrogens (tertiary/aromatic N) is 3. The second kappa shape index (κ2) is 13.4. The molecule has 2 unspecified atom stereocenters. The van der Waals surface area contributed by atoms with E-state index in [4.69, 9.17) is 0 Å². The van der Waals surface area contributed by atoms with Crippen LogP contribution in [0.2, 0.25) is 0 Å². The van der Waals surface area contributed by atoms with E-state index in [1.54, 1.807) is 38.6 Å². The molecular weight excluding hydrogens is 619 g/mol. The third-order valence-electron chi connectivity index (χ3n) is 10.5. The van der Waals surface area contributed by atoms with Crippen LogP contribution in [0, 0.1) is 25.7 Å². The molecular formula is C40H45N3O4S. The number of hydrogen-bond acceptors (Lipinski definition) is 5. The summed E-state index contributed by atoms with van der Waals surface area (Å²) in [5.74, 6) is -1.96. The Hall–Kier alpha value is -4.14. The number of aryl methyl sites for hydroxylation is 2. The van der Waals surface area contributed by atoms with Crippen molar-refractivity contribution in [1.82, 2.24) is 4.90 Å². The van der Waals surface area contributed by atoms with E-state index in [1.807, 2.05) is 92.7 Å². The number of likely N-dealkylation sites (tertiary alicyclic amines) is 1. The fraction of sp³-hybridized carbons (Fsp3) is 0.375. The van der Waals surface area contributed by atoms with E-state index in [2.05, 4.69) is 20.1 Å². The topological polar surface area (TPSA) is 81.2 Å². The third kappa shape index (κ3) is 5.59. The highest BCUT2D eigenvalue weighted by molar-refractivity contribution is 8.02. The zero-order valence-corrected chi connectivity index (χ0v) is 28.9. The Morgan fingerprint density at radius 3 is 2.25 bits per heavy atom. The van der Waals surface area contributed by atoms with Gasteiger partial charge in [0.2, 0.25) is 11.8 Å². The second-order valence-corrected chi connectivity index (χ2v) is 15.5. The fourth-order valence-electron chi connectivity index (χ4n) is 8.37. The number of amides is 3. The molecule has 3 aromatic rings. The predicted molar refractivity (Wildman–Crippen MR) is 194 cm³/mol. The van der Waals surface area contributed by atoms with Gasteiger partial charge in [0, 0.05) is 29.2 Å². The van der Waals surface area contributed by atoms with E-state index in [0.717, 1.165) is 28.1 Å². The lowest BCUT2D eigenvalue weighted by Crippen LogP contribution is -2.58. The van der Waals surface area contributed by atoms with Gasteiger partial charge in [-0.25, -0.2) is 0 Å². The summed E-state index contributed by atoms with van der Waals surface area (Å²) in [6.45, 7) is 14.2. The molecule has 48 heavy (non-hydrogen) atoms. The van der Waals surface area contributed by atoms with E-state index in [0.29, 0.717) is 25.8 Å². The number of hydrogen-bond donors (Lipinski definition) is 1. The first-order chi connectivity index (χ1) is 23.1. The number of aliphatic hydroxyl groups excluding tert-OH is 1. The lowest BCUT2D eigenvalue weighted by Gasteiger charge is -2.40. The first kappa shape index (κ1) is 33.7. The molecule has 0 saturated carbocycles. The monoisotopic (exact) mass is 663 g/mol. The number of carbonyl (C=O) groups is 3. The van der Waals surface area contributed by atoms with Crippen molar-refractivity contribution in [2.75, 3.05) is 29.5 Å². The Morgan fingerprint density at radius 1 is 0.958 bits per heavy atom. The standard InChI is InChI=1S/C40H45N3O4S/c1-6-22-41(30-16-12-9-13-17-30)36(45)33-34-37(46)43(31(26-44)25-29-14-10-8-11-15-29)35(40(34)21-20-39(33,5)48-40)38(47)42(23-7-2)32-24-27(3)18-19-28(32)4/h6-19,24,31,33-35,44H,1-2,20-23,25-26H2,3-5H3/t31-,33+,34+,35?,39-,40?/m1/s1. The molecule has 3 saturated heterocycles. The van der Waals surface area contributed by atoms with Crippen molar-refractivity contribution in [1.29, 1.82) is 0 Å².